The molecule has 0 saturated heterocycles. The highest BCUT2D eigenvalue weighted by Crippen LogP contribution is 2.23. The van der Waals surface area contributed by atoms with Gasteiger partial charge in [0.25, 0.3) is 5.69 Å². The average Bonchev–Trinajstić information content (AvgIpc) is 3.01. The summed E-state index contributed by atoms with van der Waals surface area (Å²) in [4.78, 5) is 30.5. The van der Waals surface area contributed by atoms with E-state index in [1.807, 2.05) is 0 Å². The van der Waals surface area contributed by atoms with Crippen LogP contribution in [0.5, 0.6) is 0 Å². The zero-order valence-electron chi connectivity index (χ0n) is 12.5. The van der Waals surface area contributed by atoms with Crippen molar-refractivity contribution in [2.45, 2.75) is 6.92 Å². The molecule has 0 aliphatic rings. The molecule has 2 heterocycles. The summed E-state index contributed by atoms with van der Waals surface area (Å²) in [6, 6.07) is 5.84. The zero-order valence-corrected chi connectivity index (χ0v) is 12.5. The van der Waals surface area contributed by atoms with Crippen LogP contribution in [0.4, 0.5) is 11.6 Å². The summed E-state index contributed by atoms with van der Waals surface area (Å²) < 4.78 is 6.15. The topological polar surface area (TPSA) is 139 Å². The van der Waals surface area contributed by atoms with Crippen LogP contribution in [0, 0.1) is 10.1 Å². The fraction of sp³-hybridized carbons (Fsp3) is 0.143. The number of hydrogen-bond donors (Lipinski definition) is 1. The Labute approximate surface area is 135 Å². The van der Waals surface area contributed by atoms with Crippen LogP contribution in [0.3, 0.4) is 0 Å². The minimum absolute atomic E-state index is 0.0298. The van der Waals surface area contributed by atoms with Gasteiger partial charge in [0.15, 0.2) is 11.5 Å². The lowest BCUT2D eigenvalue weighted by Crippen LogP contribution is -2.10. The number of nitro benzene ring substituents is 1. The Morgan fingerprint density at radius 2 is 2.25 bits per heavy atom. The van der Waals surface area contributed by atoms with Crippen molar-refractivity contribution >= 4 is 23.3 Å². The number of nitrogens with zero attached hydrogens (tertiary/aromatic N) is 5. The first-order valence-electron chi connectivity index (χ1n) is 6.94. The van der Waals surface area contributed by atoms with Crippen molar-refractivity contribution in [3.05, 3.63) is 46.1 Å². The smallest absolute Gasteiger partial charge is 0.343 e. The summed E-state index contributed by atoms with van der Waals surface area (Å²) in [5.41, 5.74) is 6.36. The first-order chi connectivity index (χ1) is 11.5. The molecular weight excluding hydrogens is 316 g/mol. The highest BCUT2D eigenvalue weighted by Gasteiger charge is 2.19. The minimum Gasteiger partial charge on any atom is -0.462 e. The van der Waals surface area contributed by atoms with Gasteiger partial charge in [-0.2, -0.15) is 4.52 Å². The number of nitro groups is 1. The quantitative estimate of drug-likeness (QED) is 0.431. The Bertz CT molecular complexity index is 952. The van der Waals surface area contributed by atoms with Crippen molar-refractivity contribution in [3.63, 3.8) is 0 Å². The summed E-state index contributed by atoms with van der Waals surface area (Å²) in [6.07, 6.45) is 1.26. The molecule has 0 amide bonds. The third-order valence-electron chi connectivity index (χ3n) is 3.20. The third kappa shape index (κ3) is 2.60. The molecule has 0 radical (unpaired) electrons. The second-order valence-corrected chi connectivity index (χ2v) is 4.73. The second kappa shape index (κ2) is 5.91. The summed E-state index contributed by atoms with van der Waals surface area (Å²) >= 11 is 0. The van der Waals surface area contributed by atoms with E-state index in [2.05, 4.69) is 15.1 Å². The molecule has 10 heteroatoms. The van der Waals surface area contributed by atoms with Gasteiger partial charge in [-0.1, -0.05) is 12.1 Å². The van der Waals surface area contributed by atoms with Crippen molar-refractivity contribution in [1.29, 1.82) is 0 Å². The number of anilines is 1. The lowest BCUT2D eigenvalue weighted by atomic mass is 10.2. The van der Waals surface area contributed by atoms with Gasteiger partial charge in [0.1, 0.15) is 5.56 Å². The van der Waals surface area contributed by atoms with E-state index in [4.69, 9.17) is 10.5 Å². The van der Waals surface area contributed by atoms with Gasteiger partial charge < -0.3 is 10.5 Å². The molecule has 2 aromatic heterocycles. The van der Waals surface area contributed by atoms with Crippen LogP contribution in [0.15, 0.2) is 30.5 Å². The molecule has 0 unspecified atom stereocenters. The molecule has 2 N–H and O–H groups in total. The highest BCUT2D eigenvalue weighted by molar-refractivity contribution is 5.96. The Hall–Kier alpha value is -3.56. The van der Waals surface area contributed by atoms with E-state index in [1.165, 1.54) is 28.9 Å². The number of carbonyl (C=O) groups is 1. The maximum Gasteiger partial charge on any atom is 0.343 e. The molecule has 0 fully saturated rings. The molecular formula is C14H12N6O4. The predicted molar refractivity (Wildman–Crippen MR) is 83.2 cm³/mol. The lowest BCUT2D eigenvalue weighted by molar-refractivity contribution is -0.384. The van der Waals surface area contributed by atoms with Gasteiger partial charge in [0, 0.05) is 23.9 Å². The SMILES string of the molecule is CCOC(=O)c1cnc(N)n2nc(-c3cccc([N+](=O)[O-])c3)nc12. The number of non-ortho nitro benzene ring substituents is 1. The standard InChI is InChI=1S/C14H12N6O4/c1-2-24-13(21)10-7-16-14(15)19-12(10)17-11(18-19)8-4-3-5-9(6-8)20(22)23/h3-7H,2H2,1H3,(H2,15,16). The van der Waals surface area contributed by atoms with Crippen LogP contribution in [0.1, 0.15) is 17.3 Å². The Morgan fingerprint density at radius 1 is 1.46 bits per heavy atom. The molecule has 0 saturated carbocycles. The van der Waals surface area contributed by atoms with Gasteiger partial charge in [0.05, 0.1) is 11.5 Å². The molecule has 0 atom stereocenters. The number of ether oxygens (including phenoxy) is 1. The molecule has 0 spiro atoms. The average molecular weight is 328 g/mol. The van der Waals surface area contributed by atoms with E-state index in [9.17, 15) is 14.9 Å². The molecule has 122 valence electrons. The highest BCUT2D eigenvalue weighted by atomic mass is 16.6. The number of fused-ring (bicyclic) bond motifs is 1. The minimum atomic E-state index is -0.604. The van der Waals surface area contributed by atoms with Crippen molar-refractivity contribution < 1.29 is 14.5 Å². The third-order valence-corrected chi connectivity index (χ3v) is 3.20. The fourth-order valence-corrected chi connectivity index (χ4v) is 2.12. The first kappa shape index (κ1) is 15.3. The summed E-state index contributed by atoms with van der Waals surface area (Å²) in [5.74, 6) is -0.390. The zero-order chi connectivity index (χ0) is 17.3. The predicted octanol–water partition coefficient (Wildman–Crippen LogP) is 1.46. The molecule has 3 aromatic rings. The number of nitrogens with two attached hydrogens (primary N) is 1. The molecule has 24 heavy (non-hydrogen) atoms. The van der Waals surface area contributed by atoms with E-state index in [0.717, 1.165) is 0 Å². The lowest BCUT2D eigenvalue weighted by Gasteiger charge is -2.03. The summed E-state index contributed by atoms with van der Waals surface area (Å²) in [5, 5.41) is 15.1. The number of carbonyl (C=O) groups excluding carboxylic acids is 1. The maximum atomic E-state index is 12.0. The van der Waals surface area contributed by atoms with Gasteiger partial charge in [-0.25, -0.2) is 14.8 Å². The Morgan fingerprint density at radius 3 is 2.96 bits per heavy atom. The van der Waals surface area contributed by atoms with Crippen molar-refractivity contribution in [2.75, 3.05) is 12.3 Å². The number of hydrogen-bond acceptors (Lipinski definition) is 8. The second-order valence-electron chi connectivity index (χ2n) is 4.73. The number of esters is 1. The molecule has 1 aromatic carbocycles. The van der Waals surface area contributed by atoms with Crippen LogP contribution in [0.2, 0.25) is 0 Å². The van der Waals surface area contributed by atoms with Crippen LogP contribution < -0.4 is 5.73 Å². The van der Waals surface area contributed by atoms with E-state index in [-0.39, 0.29) is 35.3 Å². The van der Waals surface area contributed by atoms with Crippen molar-refractivity contribution in [3.8, 4) is 11.4 Å². The van der Waals surface area contributed by atoms with Gasteiger partial charge >= 0.3 is 5.97 Å². The monoisotopic (exact) mass is 328 g/mol. The fourth-order valence-electron chi connectivity index (χ4n) is 2.12. The molecule has 0 aliphatic carbocycles. The summed E-state index contributed by atoms with van der Waals surface area (Å²) in [6.45, 7) is 1.87. The largest absolute Gasteiger partial charge is 0.462 e. The van der Waals surface area contributed by atoms with Gasteiger partial charge in [-0.05, 0) is 6.92 Å². The molecule has 0 bridgehead atoms. The molecule has 0 aliphatic heterocycles. The first-order valence-corrected chi connectivity index (χ1v) is 6.94. The molecule has 10 nitrogen and oxygen atoms in total. The van der Waals surface area contributed by atoms with E-state index in [0.29, 0.717) is 5.56 Å². The summed E-state index contributed by atoms with van der Waals surface area (Å²) in [7, 11) is 0. The van der Waals surface area contributed by atoms with Crippen molar-refractivity contribution in [1.82, 2.24) is 19.6 Å². The van der Waals surface area contributed by atoms with E-state index >= 15 is 0 Å². The van der Waals surface area contributed by atoms with Gasteiger partial charge in [0.2, 0.25) is 5.95 Å². The van der Waals surface area contributed by atoms with Gasteiger partial charge in [-0.3, -0.25) is 10.1 Å². The van der Waals surface area contributed by atoms with Crippen LogP contribution in [0.25, 0.3) is 17.0 Å². The van der Waals surface area contributed by atoms with Crippen LogP contribution in [-0.4, -0.2) is 37.1 Å². The van der Waals surface area contributed by atoms with Crippen LogP contribution >= 0.6 is 0 Å². The number of rotatable bonds is 4. The Kier molecular flexibility index (Phi) is 3.78. The van der Waals surface area contributed by atoms with E-state index in [1.54, 1.807) is 13.0 Å². The normalized spacial score (nSPS) is 10.7. The van der Waals surface area contributed by atoms with Crippen LogP contribution in [-0.2, 0) is 4.74 Å². The van der Waals surface area contributed by atoms with E-state index < -0.39 is 10.9 Å². The maximum absolute atomic E-state index is 12.0. The number of aromatic nitrogens is 4. The molecule has 3 rings (SSSR count). The number of nitrogen functional groups attached to an aromatic ring is 1. The van der Waals surface area contributed by atoms with Gasteiger partial charge in [-0.15, -0.1) is 5.10 Å². The Balaban J connectivity index is 2.16. The van der Waals surface area contributed by atoms with Crippen molar-refractivity contribution in [2.24, 2.45) is 0 Å². The number of benzene rings is 1.